The highest BCUT2D eigenvalue weighted by Gasteiger charge is 2.12. The topological polar surface area (TPSA) is 84.3 Å². The predicted molar refractivity (Wildman–Crippen MR) is 90.7 cm³/mol. The number of carbonyl (C=O) groups is 1. The zero-order valence-corrected chi connectivity index (χ0v) is 13.7. The van der Waals surface area contributed by atoms with E-state index in [1.54, 1.807) is 17.9 Å². The minimum Gasteiger partial charge on any atom is -0.379 e. The van der Waals surface area contributed by atoms with E-state index in [0.29, 0.717) is 12.4 Å². The second-order valence-electron chi connectivity index (χ2n) is 5.59. The molecule has 0 radical (unpaired) electrons. The quantitative estimate of drug-likeness (QED) is 0.852. The number of ether oxygens (including phenoxy) is 1. The Bertz CT molecular complexity index is 666. The highest BCUT2D eigenvalue weighted by molar-refractivity contribution is 5.88. The Labute approximate surface area is 140 Å². The van der Waals surface area contributed by atoms with Crippen molar-refractivity contribution in [2.75, 3.05) is 44.7 Å². The molecule has 0 atom stereocenters. The maximum absolute atomic E-state index is 12.0. The number of aryl methyl sites for hydroxylation is 1. The van der Waals surface area contributed by atoms with E-state index in [1.165, 1.54) is 0 Å². The third-order valence-corrected chi connectivity index (χ3v) is 3.87. The van der Waals surface area contributed by atoms with Crippen LogP contribution in [0.1, 0.15) is 0 Å². The van der Waals surface area contributed by atoms with Crippen molar-refractivity contribution in [2.24, 2.45) is 7.05 Å². The van der Waals surface area contributed by atoms with Gasteiger partial charge in [-0.1, -0.05) is 6.07 Å². The highest BCUT2D eigenvalue weighted by Crippen LogP contribution is 2.18. The zero-order valence-electron chi connectivity index (χ0n) is 13.7. The number of morpholine rings is 1. The summed E-state index contributed by atoms with van der Waals surface area (Å²) in [5, 5.41) is 10.1. The molecular weight excluding hydrogens is 308 g/mol. The van der Waals surface area contributed by atoms with Crippen molar-refractivity contribution < 1.29 is 9.53 Å². The molecule has 2 aromatic heterocycles. The van der Waals surface area contributed by atoms with E-state index in [9.17, 15) is 4.79 Å². The lowest BCUT2D eigenvalue weighted by atomic mass is 10.3. The molecule has 0 spiro atoms. The number of urea groups is 1. The van der Waals surface area contributed by atoms with Crippen LogP contribution in [0.4, 0.5) is 10.6 Å². The zero-order chi connectivity index (χ0) is 16.8. The number of hydrogen-bond donors (Lipinski definition) is 2. The summed E-state index contributed by atoms with van der Waals surface area (Å²) in [6, 6.07) is 7.22. The fraction of sp³-hybridized carbons (Fsp3) is 0.438. The lowest BCUT2D eigenvalue weighted by molar-refractivity contribution is 0.0388. The molecule has 1 fully saturated rings. The Morgan fingerprint density at radius 3 is 2.88 bits per heavy atom. The summed E-state index contributed by atoms with van der Waals surface area (Å²) >= 11 is 0. The van der Waals surface area contributed by atoms with Crippen LogP contribution in [0.3, 0.4) is 0 Å². The van der Waals surface area contributed by atoms with Crippen LogP contribution in [0.5, 0.6) is 0 Å². The van der Waals surface area contributed by atoms with Crippen LogP contribution < -0.4 is 10.6 Å². The summed E-state index contributed by atoms with van der Waals surface area (Å²) in [4.78, 5) is 18.6. The third-order valence-electron chi connectivity index (χ3n) is 3.87. The van der Waals surface area contributed by atoms with E-state index in [1.807, 2.05) is 24.3 Å². The summed E-state index contributed by atoms with van der Waals surface area (Å²) in [5.74, 6) is 0.625. The molecule has 8 heteroatoms. The van der Waals surface area contributed by atoms with Crippen LogP contribution in [0.25, 0.3) is 11.4 Å². The Hall–Kier alpha value is -2.45. The van der Waals surface area contributed by atoms with E-state index in [-0.39, 0.29) is 6.03 Å². The fourth-order valence-electron chi connectivity index (χ4n) is 2.54. The van der Waals surface area contributed by atoms with Crippen LogP contribution in [0.2, 0.25) is 0 Å². The van der Waals surface area contributed by atoms with Gasteiger partial charge in [0.15, 0.2) is 0 Å². The number of amides is 2. The average molecular weight is 330 g/mol. The molecule has 0 aliphatic carbocycles. The first-order chi connectivity index (χ1) is 11.7. The number of rotatable bonds is 5. The molecule has 1 aliphatic heterocycles. The standard InChI is InChI=1S/C16H22N6O2/c1-21-15(12-14(20-21)13-4-2-3-5-17-13)19-16(23)18-6-7-22-8-10-24-11-9-22/h2-5,12H,6-11H2,1H3,(H2,18,19,23). The number of nitrogens with one attached hydrogen (secondary N) is 2. The lowest BCUT2D eigenvalue weighted by Gasteiger charge is -2.26. The Kier molecular flexibility index (Phi) is 5.39. The van der Waals surface area contributed by atoms with Gasteiger partial charge < -0.3 is 10.1 Å². The van der Waals surface area contributed by atoms with Crippen molar-refractivity contribution in [3.05, 3.63) is 30.5 Å². The summed E-state index contributed by atoms with van der Waals surface area (Å²) in [7, 11) is 1.79. The molecule has 3 rings (SSSR count). The van der Waals surface area contributed by atoms with E-state index in [0.717, 1.165) is 44.2 Å². The first kappa shape index (κ1) is 16.4. The number of aromatic nitrogens is 3. The second-order valence-corrected chi connectivity index (χ2v) is 5.59. The second kappa shape index (κ2) is 7.89. The number of pyridine rings is 1. The molecule has 1 saturated heterocycles. The highest BCUT2D eigenvalue weighted by atomic mass is 16.5. The minimum atomic E-state index is -0.237. The number of hydrogen-bond acceptors (Lipinski definition) is 5. The van der Waals surface area contributed by atoms with Crippen LogP contribution in [-0.2, 0) is 11.8 Å². The number of carbonyl (C=O) groups excluding carboxylic acids is 1. The Balaban J connectivity index is 1.50. The molecule has 24 heavy (non-hydrogen) atoms. The monoisotopic (exact) mass is 330 g/mol. The lowest BCUT2D eigenvalue weighted by Crippen LogP contribution is -2.42. The van der Waals surface area contributed by atoms with Crippen molar-refractivity contribution in [1.29, 1.82) is 0 Å². The normalized spacial score (nSPS) is 15.2. The Morgan fingerprint density at radius 1 is 1.29 bits per heavy atom. The molecule has 0 unspecified atom stereocenters. The number of nitrogens with zero attached hydrogens (tertiary/aromatic N) is 4. The van der Waals surface area contributed by atoms with Gasteiger partial charge in [0.25, 0.3) is 0 Å². The van der Waals surface area contributed by atoms with Crippen molar-refractivity contribution in [3.8, 4) is 11.4 Å². The van der Waals surface area contributed by atoms with Gasteiger partial charge in [-0.3, -0.25) is 19.9 Å². The van der Waals surface area contributed by atoms with Crippen LogP contribution in [-0.4, -0.2) is 65.1 Å². The van der Waals surface area contributed by atoms with E-state index in [4.69, 9.17) is 4.74 Å². The van der Waals surface area contributed by atoms with Crippen LogP contribution >= 0.6 is 0 Å². The number of anilines is 1. The van der Waals surface area contributed by atoms with Crippen molar-refractivity contribution in [1.82, 2.24) is 25.0 Å². The van der Waals surface area contributed by atoms with E-state index in [2.05, 4.69) is 25.6 Å². The molecule has 0 aromatic carbocycles. The van der Waals surface area contributed by atoms with Gasteiger partial charge in [0.2, 0.25) is 0 Å². The van der Waals surface area contributed by atoms with Crippen LogP contribution in [0, 0.1) is 0 Å². The largest absolute Gasteiger partial charge is 0.379 e. The SMILES string of the molecule is Cn1nc(-c2ccccn2)cc1NC(=O)NCCN1CCOCC1. The van der Waals surface area contributed by atoms with Gasteiger partial charge in [0.05, 0.1) is 18.9 Å². The average Bonchev–Trinajstić information content (AvgIpc) is 2.97. The molecule has 8 nitrogen and oxygen atoms in total. The van der Waals surface area contributed by atoms with Gasteiger partial charge in [0, 0.05) is 45.5 Å². The molecule has 2 amide bonds. The molecule has 2 aromatic rings. The van der Waals surface area contributed by atoms with Crippen molar-refractivity contribution in [2.45, 2.75) is 0 Å². The molecule has 3 heterocycles. The van der Waals surface area contributed by atoms with Crippen LogP contribution in [0.15, 0.2) is 30.5 Å². The molecule has 0 saturated carbocycles. The maximum atomic E-state index is 12.0. The van der Waals surface area contributed by atoms with Gasteiger partial charge in [0.1, 0.15) is 11.5 Å². The molecular formula is C16H22N6O2. The van der Waals surface area contributed by atoms with Crippen molar-refractivity contribution >= 4 is 11.8 Å². The van der Waals surface area contributed by atoms with Gasteiger partial charge in [-0.2, -0.15) is 5.10 Å². The maximum Gasteiger partial charge on any atom is 0.320 e. The molecule has 0 bridgehead atoms. The van der Waals surface area contributed by atoms with Gasteiger partial charge in [-0.05, 0) is 12.1 Å². The van der Waals surface area contributed by atoms with E-state index >= 15 is 0 Å². The molecule has 2 N–H and O–H groups in total. The Morgan fingerprint density at radius 2 is 2.12 bits per heavy atom. The first-order valence-corrected chi connectivity index (χ1v) is 8.03. The van der Waals surface area contributed by atoms with Crippen molar-refractivity contribution in [3.63, 3.8) is 0 Å². The molecule has 1 aliphatic rings. The summed E-state index contributed by atoms with van der Waals surface area (Å²) in [5.41, 5.74) is 1.50. The summed E-state index contributed by atoms with van der Waals surface area (Å²) in [6.45, 7) is 4.77. The van der Waals surface area contributed by atoms with Gasteiger partial charge >= 0.3 is 6.03 Å². The van der Waals surface area contributed by atoms with Gasteiger partial charge in [-0.25, -0.2) is 4.79 Å². The minimum absolute atomic E-state index is 0.237. The smallest absolute Gasteiger partial charge is 0.320 e. The molecule has 128 valence electrons. The fourth-order valence-corrected chi connectivity index (χ4v) is 2.54. The first-order valence-electron chi connectivity index (χ1n) is 8.03. The summed E-state index contributed by atoms with van der Waals surface area (Å²) < 4.78 is 6.93. The summed E-state index contributed by atoms with van der Waals surface area (Å²) in [6.07, 6.45) is 1.72. The predicted octanol–water partition coefficient (Wildman–Crippen LogP) is 0.936. The van der Waals surface area contributed by atoms with E-state index < -0.39 is 0 Å². The van der Waals surface area contributed by atoms with Gasteiger partial charge in [-0.15, -0.1) is 0 Å². The third kappa shape index (κ3) is 4.30.